The highest BCUT2D eigenvalue weighted by Gasteiger charge is 2.20. The number of rotatable bonds is 6. The van der Waals surface area contributed by atoms with Gasteiger partial charge in [0.05, 0.1) is 7.11 Å². The Kier molecular flexibility index (Phi) is 3.83. The Morgan fingerprint density at radius 2 is 2.12 bits per heavy atom. The Morgan fingerprint density at radius 1 is 1.38 bits per heavy atom. The van der Waals surface area contributed by atoms with Gasteiger partial charge in [-0.25, -0.2) is 0 Å². The molecule has 0 aliphatic heterocycles. The van der Waals surface area contributed by atoms with Crippen molar-refractivity contribution in [2.45, 2.75) is 32.2 Å². The molecule has 1 atom stereocenters. The summed E-state index contributed by atoms with van der Waals surface area (Å²) in [7, 11) is 1.73. The second-order valence-corrected chi connectivity index (χ2v) is 4.65. The SMILES string of the molecule is COc1ccccc1C(C)NCCC1CC1. The Morgan fingerprint density at radius 3 is 2.81 bits per heavy atom. The lowest BCUT2D eigenvalue weighted by Gasteiger charge is -2.17. The van der Waals surface area contributed by atoms with E-state index in [2.05, 4.69) is 24.4 Å². The smallest absolute Gasteiger partial charge is 0.123 e. The molecule has 0 radical (unpaired) electrons. The highest BCUT2D eigenvalue weighted by atomic mass is 16.5. The normalized spacial score (nSPS) is 17.1. The number of ether oxygens (including phenoxy) is 1. The zero-order chi connectivity index (χ0) is 11.4. The molecule has 1 saturated carbocycles. The van der Waals surface area contributed by atoms with E-state index in [0.29, 0.717) is 6.04 Å². The van der Waals surface area contributed by atoms with E-state index in [0.717, 1.165) is 18.2 Å². The molecule has 0 aromatic heterocycles. The molecule has 2 rings (SSSR count). The van der Waals surface area contributed by atoms with Gasteiger partial charge in [0.25, 0.3) is 0 Å². The fraction of sp³-hybridized carbons (Fsp3) is 0.571. The fourth-order valence-corrected chi connectivity index (χ4v) is 2.04. The van der Waals surface area contributed by atoms with Gasteiger partial charge in [-0.3, -0.25) is 0 Å². The number of hydrogen-bond acceptors (Lipinski definition) is 2. The monoisotopic (exact) mass is 219 g/mol. The Hall–Kier alpha value is -1.02. The Labute approximate surface area is 98.0 Å². The van der Waals surface area contributed by atoms with Crippen LogP contribution in [0.25, 0.3) is 0 Å². The zero-order valence-electron chi connectivity index (χ0n) is 10.2. The van der Waals surface area contributed by atoms with E-state index < -0.39 is 0 Å². The van der Waals surface area contributed by atoms with Gasteiger partial charge >= 0.3 is 0 Å². The molecule has 0 saturated heterocycles. The minimum Gasteiger partial charge on any atom is -0.496 e. The molecule has 0 amide bonds. The molecule has 0 bridgehead atoms. The number of para-hydroxylation sites is 1. The summed E-state index contributed by atoms with van der Waals surface area (Å²) in [4.78, 5) is 0. The first-order valence-corrected chi connectivity index (χ1v) is 6.17. The summed E-state index contributed by atoms with van der Waals surface area (Å²) in [5.41, 5.74) is 1.25. The van der Waals surface area contributed by atoms with Crippen molar-refractivity contribution in [2.24, 2.45) is 5.92 Å². The van der Waals surface area contributed by atoms with Gasteiger partial charge in [0.15, 0.2) is 0 Å². The largest absolute Gasteiger partial charge is 0.496 e. The van der Waals surface area contributed by atoms with Gasteiger partial charge in [-0.15, -0.1) is 0 Å². The van der Waals surface area contributed by atoms with E-state index >= 15 is 0 Å². The minimum atomic E-state index is 0.370. The molecular formula is C14H21NO. The average molecular weight is 219 g/mol. The highest BCUT2D eigenvalue weighted by molar-refractivity contribution is 5.35. The maximum absolute atomic E-state index is 5.37. The van der Waals surface area contributed by atoms with E-state index in [1.807, 2.05) is 12.1 Å². The first-order chi connectivity index (χ1) is 7.81. The first-order valence-electron chi connectivity index (χ1n) is 6.17. The van der Waals surface area contributed by atoms with Crippen molar-refractivity contribution in [3.8, 4) is 5.75 Å². The predicted molar refractivity (Wildman–Crippen MR) is 66.8 cm³/mol. The van der Waals surface area contributed by atoms with Crippen LogP contribution in [-0.4, -0.2) is 13.7 Å². The third-order valence-corrected chi connectivity index (χ3v) is 3.31. The molecule has 1 aromatic carbocycles. The molecule has 88 valence electrons. The molecule has 2 heteroatoms. The molecule has 1 N–H and O–H groups in total. The second kappa shape index (κ2) is 5.35. The molecule has 0 heterocycles. The fourth-order valence-electron chi connectivity index (χ4n) is 2.04. The maximum atomic E-state index is 5.37. The molecule has 2 nitrogen and oxygen atoms in total. The topological polar surface area (TPSA) is 21.3 Å². The average Bonchev–Trinajstić information content (AvgIpc) is 3.13. The van der Waals surface area contributed by atoms with Crippen LogP contribution in [0.4, 0.5) is 0 Å². The summed E-state index contributed by atoms with van der Waals surface area (Å²) < 4.78 is 5.37. The van der Waals surface area contributed by atoms with Crippen LogP contribution in [0.15, 0.2) is 24.3 Å². The molecule has 16 heavy (non-hydrogen) atoms. The lowest BCUT2D eigenvalue weighted by atomic mass is 10.1. The standard InChI is InChI=1S/C14H21NO/c1-11(15-10-9-12-7-8-12)13-5-3-4-6-14(13)16-2/h3-6,11-12,15H,7-10H2,1-2H3. The number of hydrogen-bond donors (Lipinski definition) is 1. The summed E-state index contributed by atoms with van der Waals surface area (Å²) in [6.45, 7) is 3.31. The van der Waals surface area contributed by atoms with Gasteiger partial charge in [-0.2, -0.15) is 0 Å². The Bertz CT molecular complexity index is 333. The summed E-state index contributed by atoms with van der Waals surface area (Å²) in [5.74, 6) is 1.98. The molecule has 1 unspecified atom stereocenters. The summed E-state index contributed by atoms with van der Waals surface area (Å²) in [5, 5.41) is 3.56. The van der Waals surface area contributed by atoms with Crippen LogP contribution in [0.5, 0.6) is 5.75 Å². The van der Waals surface area contributed by atoms with Crippen molar-refractivity contribution >= 4 is 0 Å². The Balaban J connectivity index is 1.87. The molecule has 1 aliphatic rings. The number of methoxy groups -OCH3 is 1. The predicted octanol–water partition coefficient (Wildman–Crippen LogP) is 3.15. The van der Waals surface area contributed by atoms with Gasteiger partial charge in [0.1, 0.15) is 5.75 Å². The molecule has 1 aromatic rings. The summed E-state index contributed by atoms with van der Waals surface area (Å²) in [6.07, 6.45) is 4.19. The lowest BCUT2D eigenvalue weighted by molar-refractivity contribution is 0.401. The van der Waals surface area contributed by atoms with Crippen molar-refractivity contribution in [1.29, 1.82) is 0 Å². The van der Waals surface area contributed by atoms with Crippen LogP contribution in [0, 0.1) is 5.92 Å². The van der Waals surface area contributed by atoms with Crippen molar-refractivity contribution in [3.05, 3.63) is 29.8 Å². The van der Waals surface area contributed by atoms with Crippen LogP contribution < -0.4 is 10.1 Å². The summed E-state index contributed by atoms with van der Waals surface area (Å²) >= 11 is 0. The molecule has 0 spiro atoms. The number of nitrogens with one attached hydrogen (secondary N) is 1. The minimum absolute atomic E-state index is 0.370. The third kappa shape index (κ3) is 2.99. The van der Waals surface area contributed by atoms with E-state index in [1.54, 1.807) is 7.11 Å². The highest BCUT2D eigenvalue weighted by Crippen LogP contribution is 2.32. The third-order valence-electron chi connectivity index (χ3n) is 3.31. The van der Waals surface area contributed by atoms with Gasteiger partial charge in [-0.1, -0.05) is 31.0 Å². The van der Waals surface area contributed by atoms with Crippen molar-refractivity contribution in [1.82, 2.24) is 5.32 Å². The summed E-state index contributed by atoms with van der Waals surface area (Å²) in [6, 6.07) is 8.60. The van der Waals surface area contributed by atoms with Crippen molar-refractivity contribution in [3.63, 3.8) is 0 Å². The van der Waals surface area contributed by atoms with Crippen molar-refractivity contribution < 1.29 is 4.74 Å². The molecule has 1 aliphatic carbocycles. The van der Waals surface area contributed by atoms with Crippen LogP contribution in [0.3, 0.4) is 0 Å². The van der Waals surface area contributed by atoms with Gasteiger partial charge in [-0.05, 0) is 31.9 Å². The van der Waals surface area contributed by atoms with Crippen LogP contribution in [0.1, 0.15) is 37.8 Å². The van der Waals surface area contributed by atoms with Gasteiger partial charge in [0, 0.05) is 11.6 Å². The molecular weight excluding hydrogens is 198 g/mol. The van der Waals surface area contributed by atoms with E-state index in [9.17, 15) is 0 Å². The van der Waals surface area contributed by atoms with E-state index in [4.69, 9.17) is 4.74 Å². The quantitative estimate of drug-likeness (QED) is 0.793. The zero-order valence-corrected chi connectivity index (χ0v) is 10.2. The second-order valence-electron chi connectivity index (χ2n) is 4.65. The first kappa shape index (κ1) is 11.5. The van der Waals surface area contributed by atoms with Crippen LogP contribution in [-0.2, 0) is 0 Å². The van der Waals surface area contributed by atoms with E-state index in [1.165, 1.54) is 24.8 Å². The van der Waals surface area contributed by atoms with E-state index in [-0.39, 0.29) is 0 Å². The maximum Gasteiger partial charge on any atom is 0.123 e. The van der Waals surface area contributed by atoms with Gasteiger partial charge < -0.3 is 10.1 Å². The van der Waals surface area contributed by atoms with Gasteiger partial charge in [0.2, 0.25) is 0 Å². The van der Waals surface area contributed by atoms with Crippen LogP contribution in [0.2, 0.25) is 0 Å². The van der Waals surface area contributed by atoms with Crippen molar-refractivity contribution in [2.75, 3.05) is 13.7 Å². The molecule has 1 fully saturated rings. The lowest BCUT2D eigenvalue weighted by Crippen LogP contribution is -2.20. The van der Waals surface area contributed by atoms with Crippen LogP contribution >= 0.6 is 0 Å². The number of benzene rings is 1.